The minimum Gasteiger partial charge on any atom is -0.348 e. The van der Waals surface area contributed by atoms with Gasteiger partial charge in [0.25, 0.3) is 5.91 Å². The van der Waals surface area contributed by atoms with Crippen LogP contribution in [0.5, 0.6) is 0 Å². The molecule has 0 saturated carbocycles. The molecule has 2 N–H and O–H groups in total. The molecule has 0 radical (unpaired) electrons. The van der Waals surface area contributed by atoms with Crippen LogP contribution >= 0.6 is 23.2 Å². The number of hydrogen-bond acceptors (Lipinski definition) is 2. The summed E-state index contributed by atoms with van der Waals surface area (Å²) < 4.78 is 0. The number of benzene rings is 1. The van der Waals surface area contributed by atoms with Crippen molar-refractivity contribution < 1.29 is 9.59 Å². The Morgan fingerprint density at radius 3 is 2.16 bits per heavy atom. The molecule has 0 bridgehead atoms. The SMILES string of the molecule is CC(=O)c1ccc(C(=O)Nc2cc(Cl)cc(Cl)c2)[nH]1. The number of nitrogens with one attached hydrogen (secondary N) is 2. The van der Waals surface area contributed by atoms with Gasteiger partial charge in [-0.1, -0.05) is 23.2 Å². The highest BCUT2D eigenvalue weighted by Gasteiger charge is 2.11. The summed E-state index contributed by atoms with van der Waals surface area (Å²) in [6, 6.07) is 7.84. The van der Waals surface area contributed by atoms with Crippen LogP contribution in [0.4, 0.5) is 5.69 Å². The monoisotopic (exact) mass is 296 g/mol. The van der Waals surface area contributed by atoms with Gasteiger partial charge in [-0.15, -0.1) is 0 Å². The van der Waals surface area contributed by atoms with E-state index in [-0.39, 0.29) is 11.7 Å². The Labute approximate surface area is 119 Å². The Balaban J connectivity index is 2.18. The van der Waals surface area contributed by atoms with Gasteiger partial charge in [-0.05, 0) is 30.3 Å². The molecule has 1 aromatic carbocycles. The second-order valence-electron chi connectivity index (χ2n) is 3.95. The molecule has 0 saturated heterocycles. The molecule has 2 aromatic rings. The number of anilines is 1. The van der Waals surface area contributed by atoms with Gasteiger partial charge in [0.1, 0.15) is 5.69 Å². The summed E-state index contributed by atoms with van der Waals surface area (Å²) in [5, 5.41) is 3.50. The van der Waals surface area contributed by atoms with Crippen LogP contribution in [0.25, 0.3) is 0 Å². The first-order valence-corrected chi connectivity index (χ1v) is 6.18. The number of carbonyl (C=O) groups excluding carboxylic acids is 2. The number of halogens is 2. The molecular formula is C13H10Cl2N2O2. The van der Waals surface area contributed by atoms with Gasteiger partial charge < -0.3 is 10.3 Å². The van der Waals surface area contributed by atoms with Crippen molar-refractivity contribution in [2.75, 3.05) is 5.32 Å². The molecule has 19 heavy (non-hydrogen) atoms. The molecule has 0 unspecified atom stereocenters. The summed E-state index contributed by atoms with van der Waals surface area (Å²) in [6.07, 6.45) is 0. The molecule has 0 spiro atoms. The topological polar surface area (TPSA) is 62.0 Å². The third kappa shape index (κ3) is 3.36. The number of Topliss-reactive ketones (excluding diaryl/α,β-unsaturated/α-hetero) is 1. The van der Waals surface area contributed by atoms with Crippen LogP contribution in [0.1, 0.15) is 27.9 Å². The molecule has 1 heterocycles. The maximum atomic E-state index is 11.9. The minimum atomic E-state index is -0.370. The summed E-state index contributed by atoms with van der Waals surface area (Å²) in [5.74, 6) is -0.504. The molecule has 6 heteroatoms. The van der Waals surface area contributed by atoms with Crippen LogP contribution in [0.2, 0.25) is 10.0 Å². The van der Waals surface area contributed by atoms with Gasteiger partial charge >= 0.3 is 0 Å². The van der Waals surface area contributed by atoms with Crippen LogP contribution in [-0.4, -0.2) is 16.7 Å². The smallest absolute Gasteiger partial charge is 0.272 e. The Hall–Kier alpha value is -1.78. The number of H-pyrrole nitrogens is 1. The maximum absolute atomic E-state index is 11.9. The van der Waals surface area contributed by atoms with Crippen LogP contribution in [0, 0.1) is 0 Å². The Morgan fingerprint density at radius 2 is 1.63 bits per heavy atom. The molecule has 0 fully saturated rings. The highest BCUT2D eigenvalue weighted by Crippen LogP contribution is 2.22. The lowest BCUT2D eigenvalue weighted by Crippen LogP contribution is -2.12. The van der Waals surface area contributed by atoms with Gasteiger partial charge in [-0.25, -0.2) is 0 Å². The third-order valence-electron chi connectivity index (χ3n) is 2.43. The molecule has 0 atom stereocenters. The largest absolute Gasteiger partial charge is 0.348 e. The predicted octanol–water partition coefficient (Wildman–Crippen LogP) is 3.78. The molecule has 1 amide bonds. The van der Waals surface area contributed by atoms with Crippen molar-refractivity contribution in [1.29, 1.82) is 0 Å². The fourth-order valence-electron chi connectivity index (χ4n) is 1.56. The van der Waals surface area contributed by atoms with Crippen molar-refractivity contribution in [3.8, 4) is 0 Å². The van der Waals surface area contributed by atoms with E-state index in [0.29, 0.717) is 27.1 Å². The zero-order chi connectivity index (χ0) is 14.0. The highest BCUT2D eigenvalue weighted by atomic mass is 35.5. The number of carbonyl (C=O) groups is 2. The number of ketones is 1. The zero-order valence-electron chi connectivity index (χ0n) is 9.96. The van der Waals surface area contributed by atoms with E-state index in [1.807, 2.05) is 0 Å². The number of hydrogen-bond donors (Lipinski definition) is 2. The van der Waals surface area contributed by atoms with Gasteiger partial charge in [0.15, 0.2) is 5.78 Å². The van der Waals surface area contributed by atoms with Crippen LogP contribution in [0.3, 0.4) is 0 Å². The molecular weight excluding hydrogens is 287 g/mol. The van der Waals surface area contributed by atoms with Crippen LogP contribution in [-0.2, 0) is 0 Å². The number of aromatic nitrogens is 1. The normalized spacial score (nSPS) is 10.3. The molecule has 2 rings (SSSR count). The van der Waals surface area contributed by atoms with Crippen LogP contribution in [0.15, 0.2) is 30.3 Å². The number of aromatic amines is 1. The van der Waals surface area contributed by atoms with Gasteiger partial charge in [-0.3, -0.25) is 9.59 Å². The molecule has 4 nitrogen and oxygen atoms in total. The first kappa shape index (κ1) is 13.6. The zero-order valence-corrected chi connectivity index (χ0v) is 11.5. The summed E-state index contributed by atoms with van der Waals surface area (Å²) in [4.78, 5) is 25.8. The summed E-state index contributed by atoms with van der Waals surface area (Å²) in [5.41, 5.74) is 1.16. The Bertz CT molecular complexity index is 630. The minimum absolute atomic E-state index is 0.134. The molecule has 0 aliphatic heterocycles. The third-order valence-corrected chi connectivity index (χ3v) is 2.87. The maximum Gasteiger partial charge on any atom is 0.272 e. The van der Waals surface area contributed by atoms with E-state index in [9.17, 15) is 9.59 Å². The molecule has 98 valence electrons. The summed E-state index contributed by atoms with van der Waals surface area (Å²) in [6.45, 7) is 1.42. The lowest BCUT2D eigenvalue weighted by Gasteiger charge is -2.05. The van der Waals surface area contributed by atoms with Crippen molar-refractivity contribution >= 4 is 40.6 Å². The molecule has 0 aliphatic carbocycles. The van der Waals surface area contributed by atoms with E-state index in [2.05, 4.69) is 10.3 Å². The lowest BCUT2D eigenvalue weighted by molar-refractivity contribution is 0.101. The van der Waals surface area contributed by atoms with E-state index >= 15 is 0 Å². The fourth-order valence-corrected chi connectivity index (χ4v) is 2.08. The second kappa shape index (κ2) is 5.47. The van der Waals surface area contributed by atoms with Gasteiger partial charge in [0, 0.05) is 22.7 Å². The molecule has 1 aromatic heterocycles. The van der Waals surface area contributed by atoms with Crippen molar-refractivity contribution in [3.63, 3.8) is 0 Å². The van der Waals surface area contributed by atoms with Crippen molar-refractivity contribution in [3.05, 3.63) is 51.8 Å². The Kier molecular flexibility index (Phi) is 3.93. The number of amides is 1. The first-order chi connectivity index (χ1) is 8.95. The van der Waals surface area contributed by atoms with E-state index < -0.39 is 0 Å². The average molecular weight is 297 g/mol. The van der Waals surface area contributed by atoms with Crippen molar-refractivity contribution in [1.82, 2.24) is 4.98 Å². The van der Waals surface area contributed by atoms with Gasteiger partial charge in [0.05, 0.1) is 5.69 Å². The van der Waals surface area contributed by atoms with Gasteiger partial charge in [-0.2, -0.15) is 0 Å². The molecule has 0 aliphatic rings. The first-order valence-electron chi connectivity index (χ1n) is 5.43. The van der Waals surface area contributed by atoms with Gasteiger partial charge in [0.2, 0.25) is 0 Å². The van der Waals surface area contributed by atoms with E-state index in [1.165, 1.54) is 13.0 Å². The second-order valence-corrected chi connectivity index (χ2v) is 4.83. The van der Waals surface area contributed by atoms with E-state index in [4.69, 9.17) is 23.2 Å². The Morgan fingerprint density at radius 1 is 1.05 bits per heavy atom. The quantitative estimate of drug-likeness (QED) is 0.847. The van der Waals surface area contributed by atoms with E-state index in [0.717, 1.165) is 0 Å². The van der Waals surface area contributed by atoms with Crippen LogP contribution < -0.4 is 5.32 Å². The van der Waals surface area contributed by atoms with Crippen molar-refractivity contribution in [2.24, 2.45) is 0 Å². The fraction of sp³-hybridized carbons (Fsp3) is 0.0769. The standard InChI is InChI=1S/C13H10Cl2N2O2/c1-7(18)11-2-3-12(17-11)13(19)16-10-5-8(14)4-9(15)6-10/h2-6,17H,1H3,(H,16,19). The van der Waals surface area contributed by atoms with E-state index in [1.54, 1.807) is 24.3 Å². The lowest BCUT2D eigenvalue weighted by atomic mass is 10.3. The number of rotatable bonds is 3. The summed E-state index contributed by atoms with van der Waals surface area (Å²) >= 11 is 11.7. The van der Waals surface area contributed by atoms with Crippen molar-refractivity contribution in [2.45, 2.75) is 6.92 Å². The summed E-state index contributed by atoms with van der Waals surface area (Å²) in [7, 11) is 0. The highest BCUT2D eigenvalue weighted by molar-refractivity contribution is 6.35. The predicted molar refractivity (Wildman–Crippen MR) is 75.2 cm³/mol. The average Bonchev–Trinajstić information content (AvgIpc) is 2.76.